The molecule has 0 unspecified atom stereocenters. The van der Waals surface area contributed by atoms with Crippen LogP contribution in [0.1, 0.15) is 58.4 Å². The minimum absolute atomic E-state index is 0.165. The fourth-order valence-corrected chi connectivity index (χ4v) is 8.03. The summed E-state index contributed by atoms with van der Waals surface area (Å²) in [7, 11) is 0. The first-order valence-corrected chi connectivity index (χ1v) is 20.1. The molecule has 0 aromatic heterocycles. The molecule has 278 valence electrons. The molecule has 1 aliphatic rings. The van der Waals surface area contributed by atoms with Gasteiger partial charge >= 0.3 is 0 Å². The largest absolute Gasteiger partial charge is 0.310 e. The summed E-state index contributed by atoms with van der Waals surface area (Å²) in [6, 6.07) is 72.0. The lowest BCUT2D eigenvalue weighted by molar-refractivity contribution is 0.660. The Morgan fingerprint density at radius 2 is 0.638 bits per heavy atom. The molecule has 8 aromatic carbocycles. The molecule has 0 amide bonds. The van der Waals surface area contributed by atoms with E-state index in [0.29, 0.717) is 0 Å². The molecule has 0 fully saturated rings. The standard InChI is InChI=1S/C57H45N/c1-57(2)55-40-47(23-22-44-16-10-5-11-17-44)28-38-53(55)54-39-37-52(41-56(54)57)58(50-33-26-46(27-34-50)21-19-43-14-8-4-9-15-43)51-35-31-49(32-36-51)48-29-24-45(25-30-48)20-18-42-12-6-3-7-13-42/h3-41H,1-2H3. The van der Waals surface area contributed by atoms with Crippen LogP contribution >= 0.6 is 0 Å². The minimum atomic E-state index is -0.165. The second-order valence-corrected chi connectivity index (χ2v) is 15.5. The highest BCUT2D eigenvalue weighted by Crippen LogP contribution is 2.51. The van der Waals surface area contributed by atoms with Crippen LogP contribution < -0.4 is 4.90 Å². The average molecular weight is 744 g/mol. The van der Waals surface area contributed by atoms with Gasteiger partial charge in [-0.15, -0.1) is 0 Å². The van der Waals surface area contributed by atoms with Crippen molar-refractivity contribution in [3.05, 3.63) is 245 Å². The molecule has 0 spiro atoms. The smallest absolute Gasteiger partial charge is 0.0465 e. The molecule has 0 atom stereocenters. The van der Waals surface area contributed by atoms with E-state index < -0.39 is 0 Å². The SMILES string of the molecule is CC1(C)c2cc(C=Cc3ccccc3)ccc2-c2ccc(N(c3ccc(C=Cc4ccccc4)cc3)c3ccc(-c4ccc(C=Cc5ccccc5)cc4)cc3)cc21. The van der Waals surface area contributed by atoms with Crippen molar-refractivity contribution in [2.75, 3.05) is 4.90 Å². The van der Waals surface area contributed by atoms with Crippen molar-refractivity contribution < 1.29 is 0 Å². The second kappa shape index (κ2) is 16.1. The van der Waals surface area contributed by atoms with Crippen molar-refractivity contribution in [3.63, 3.8) is 0 Å². The molecule has 0 heterocycles. The van der Waals surface area contributed by atoms with Gasteiger partial charge in [0.15, 0.2) is 0 Å². The zero-order chi connectivity index (χ0) is 39.3. The number of anilines is 3. The number of hydrogen-bond acceptors (Lipinski definition) is 1. The van der Waals surface area contributed by atoms with Crippen molar-refractivity contribution in [1.82, 2.24) is 0 Å². The van der Waals surface area contributed by atoms with Crippen molar-refractivity contribution in [3.8, 4) is 22.3 Å². The number of fused-ring (bicyclic) bond motifs is 3. The monoisotopic (exact) mass is 743 g/mol. The third-order valence-corrected chi connectivity index (χ3v) is 11.3. The third-order valence-electron chi connectivity index (χ3n) is 11.3. The van der Waals surface area contributed by atoms with Crippen LogP contribution in [0.5, 0.6) is 0 Å². The molecular formula is C57H45N. The van der Waals surface area contributed by atoms with Gasteiger partial charge in [-0.2, -0.15) is 0 Å². The lowest BCUT2D eigenvalue weighted by Gasteiger charge is -2.28. The lowest BCUT2D eigenvalue weighted by Crippen LogP contribution is -2.16. The minimum Gasteiger partial charge on any atom is -0.310 e. The Kier molecular flexibility index (Phi) is 10.1. The highest BCUT2D eigenvalue weighted by atomic mass is 15.1. The summed E-state index contributed by atoms with van der Waals surface area (Å²) in [4.78, 5) is 2.39. The predicted molar refractivity (Wildman–Crippen MR) is 250 cm³/mol. The van der Waals surface area contributed by atoms with E-state index in [1.165, 1.54) is 61.2 Å². The molecule has 1 nitrogen and oxygen atoms in total. The van der Waals surface area contributed by atoms with Gasteiger partial charge in [0.05, 0.1) is 0 Å². The van der Waals surface area contributed by atoms with Gasteiger partial charge in [0, 0.05) is 22.5 Å². The summed E-state index contributed by atoms with van der Waals surface area (Å²) in [6.45, 7) is 4.73. The molecule has 9 rings (SSSR count). The Balaban J connectivity index is 1.04. The molecule has 1 heteroatoms. The molecule has 0 N–H and O–H groups in total. The highest BCUT2D eigenvalue weighted by Gasteiger charge is 2.36. The Bertz CT molecular complexity index is 2740. The maximum absolute atomic E-state index is 2.41. The lowest BCUT2D eigenvalue weighted by atomic mass is 9.81. The maximum atomic E-state index is 2.41. The third kappa shape index (κ3) is 7.76. The maximum Gasteiger partial charge on any atom is 0.0465 e. The van der Waals surface area contributed by atoms with E-state index in [1.807, 2.05) is 6.07 Å². The van der Waals surface area contributed by atoms with Crippen LogP contribution in [0.25, 0.3) is 58.7 Å². The van der Waals surface area contributed by atoms with E-state index in [-0.39, 0.29) is 5.41 Å². The Hall–Kier alpha value is -7.22. The molecule has 0 radical (unpaired) electrons. The van der Waals surface area contributed by atoms with Gasteiger partial charge in [-0.3, -0.25) is 0 Å². The van der Waals surface area contributed by atoms with Crippen LogP contribution in [-0.4, -0.2) is 0 Å². The Morgan fingerprint density at radius 1 is 0.310 bits per heavy atom. The van der Waals surface area contributed by atoms with E-state index in [1.54, 1.807) is 0 Å². The first kappa shape index (κ1) is 36.4. The van der Waals surface area contributed by atoms with Gasteiger partial charge in [0.2, 0.25) is 0 Å². The zero-order valence-corrected chi connectivity index (χ0v) is 33.0. The average Bonchev–Trinajstić information content (AvgIpc) is 3.51. The number of nitrogens with zero attached hydrogens (tertiary/aromatic N) is 1. The van der Waals surface area contributed by atoms with Crippen molar-refractivity contribution >= 4 is 53.5 Å². The summed E-state index contributed by atoms with van der Waals surface area (Å²) in [5.41, 5.74) is 18.0. The molecule has 0 bridgehead atoms. The summed E-state index contributed by atoms with van der Waals surface area (Å²) < 4.78 is 0. The highest BCUT2D eigenvalue weighted by molar-refractivity contribution is 5.87. The van der Waals surface area contributed by atoms with Crippen molar-refractivity contribution in [2.24, 2.45) is 0 Å². The molecule has 1 aliphatic carbocycles. The summed E-state index contributed by atoms with van der Waals surface area (Å²) in [5.74, 6) is 0. The summed E-state index contributed by atoms with van der Waals surface area (Å²) in [5, 5.41) is 0. The number of hydrogen-bond donors (Lipinski definition) is 0. The van der Waals surface area contributed by atoms with Gasteiger partial charge in [-0.25, -0.2) is 0 Å². The van der Waals surface area contributed by atoms with E-state index in [4.69, 9.17) is 0 Å². The molecule has 0 saturated heterocycles. The topological polar surface area (TPSA) is 3.24 Å². The molecular weight excluding hydrogens is 699 g/mol. The molecule has 0 saturated carbocycles. The first-order chi connectivity index (χ1) is 28.5. The second-order valence-electron chi connectivity index (χ2n) is 15.5. The van der Waals surface area contributed by atoms with Crippen LogP contribution in [-0.2, 0) is 5.41 Å². The van der Waals surface area contributed by atoms with Crippen LogP contribution in [0.2, 0.25) is 0 Å². The predicted octanol–water partition coefficient (Wildman–Crippen LogP) is 15.6. The fourth-order valence-electron chi connectivity index (χ4n) is 8.03. The van der Waals surface area contributed by atoms with E-state index in [0.717, 1.165) is 22.6 Å². The van der Waals surface area contributed by atoms with Gasteiger partial charge in [0.25, 0.3) is 0 Å². The van der Waals surface area contributed by atoms with Gasteiger partial charge < -0.3 is 4.90 Å². The van der Waals surface area contributed by atoms with Crippen molar-refractivity contribution in [1.29, 1.82) is 0 Å². The normalized spacial score (nSPS) is 12.9. The van der Waals surface area contributed by atoms with Crippen molar-refractivity contribution in [2.45, 2.75) is 19.3 Å². The van der Waals surface area contributed by atoms with Crippen LogP contribution in [0, 0.1) is 0 Å². The Morgan fingerprint density at radius 3 is 1.12 bits per heavy atom. The zero-order valence-electron chi connectivity index (χ0n) is 33.0. The number of benzene rings is 8. The van der Waals surface area contributed by atoms with Gasteiger partial charge in [-0.1, -0.05) is 214 Å². The molecule has 58 heavy (non-hydrogen) atoms. The molecule has 0 aliphatic heterocycles. The van der Waals surface area contributed by atoms with E-state index >= 15 is 0 Å². The van der Waals surface area contributed by atoms with Crippen LogP contribution in [0.15, 0.2) is 200 Å². The van der Waals surface area contributed by atoms with Crippen LogP contribution in [0.4, 0.5) is 17.1 Å². The molecule has 8 aromatic rings. The summed E-state index contributed by atoms with van der Waals surface area (Å²) >= 11 is 0. The van der Waals surface area contributed by atoms with Gasteiger partial charge in [0.1, 0.15) is 0 Å². The van der Waals surface area contributed by atoms with Crippen LogP contribution in [0.3, 0.4) is 0 Å². The quantitative estimate of drug-likeness (QED) is 0.126. The van der Waals surface area contributed by atoms with E-state index in [9.17, 15) is 0 Å². The number of rotatable bonds is 10. The Labute approximate surface area is 343 Å². The van der Waals surface area contributed by atoms with E-state index in [2.05, 4.69) is 249 Å². The van der Waals surface area contributed by atoms with Gasteiger partial charge in [-0.05, 0) is 103 Å². The fraction of sp³-hybridized carbons (Fsp3) is 0.0526. The first-order valence-electron chi connectivity index (χ1n) is 20.1. The summed E-state index contributed by atoms with van der Waals surface area (Å²) in [6.07, 6.45) is 13.1.